The molecule has 1 atom stereocenters. The third-order valence-electron chi connectivity index (χ3n) is 4.97. The first kappa shape index (κ1) is 21.2. The molecule has 5 heteroatoms. The molecule has 0 spiro atoms. The van der Waals surface area contributed by atoms with Crippen LogP contribution in [0.5, 0.6) is 5.75 Å². The Morgan fingerprint density at radius 3 is 2.62 bits per heavy atom. The monoisotopic (exact) mass is 409 g/mol. The fourth-order valence-electron chi connectivity index (χ4n) is 3.34. The Morgan fingerprint density at radius 1 is 1.14 bits per heavy atom. The predicted molar refractivity (Wildman–Crippen MR) is 119 cm³/mol. The predicted octanol–water partition coefficient (Wildman–Crippen LogP) is 5.96. The molecule has 152 valence electrons. The summed E-state index contributed by atoms with van der Waals surface area (Å²) in [5.74, 6) is 3.77. The minimum absolute atomic E-state index is 0.126. The minimum atomic E-state index is 0.126. The van der Waals surface area contributed by atoms with Gasteiger partial charge in [-0.3, -0.25) is 4.79 Å². The van der Waals surface area contributed by atoms with E-state index in [2.05, 4.69) is 11.9 Å². The van der Waals surface area contributed by atoms with Crippen LogP contribution in [-0.4, -0.2) is 23.6 Å². The zero-order valence-electron chi connectivity index (χ0n) is 17.4. The summed E-state index contributed by atoms with van der Waals surface area (Å²) in [7, 11) is 1.66. The van der Waals surface area contributed by atoms with Crippen molar-refractivity contribution in [2.45, 2.75) is 38.9 Å². The Bertz CT molecular complexity index is 980. The van der Waals surface area contributed by atoms with Gasteiger partial charge >= 0.3 is 0 Å². The lowest BCUT2D eigenvalue weighted by molar-refractivity contribution is -0.116. The number of oxazole rings is 1. The maximum Gasteiger partial charge on any atom is 0.226 e. The third kappa shape index (κ3) is 5.30. The number of methoxy groups -OCH3 is 1. The molecule has 1 aromatic heterocycles. The highest BCUT2D eigenvalue weighted by Crippen LogP contribution is 2.30. The fourth-order valence-corrected chi connectivity index (χ4v) is 4.24. The van der Waals surface area contributed by atoms with Crippen molar-refractivity contribution >= 4 is 17.5 Å². The van der Waals surface area contributed by atoms with E-state index in [1.807, 2.05) is 62.4 Å². The second-order valence-corrected chi connectivity index (χ2v) is 8.20. The van der Waals surface area contributed by atoms with Crippen molar-refractivity contribution < 1.29 is 13.9 Å². The van der Waals surface area contributed by atoms with Gasteiger partial charge in [-0.2, -0.15) is 0 Å². The number of benzene rings is 2. The quantitative estimate of drug-likeness (QED) is 0.436. The molecular formula is C24H27NO3S. The molecule has 0 saturated heterocycles. The first-order valence-electron chi connectivity index (χ1n) is 9.74. The number of Topliss-reactive ketones (excluding diaryl/α,β-unsaturated/α-hetero) is 1. The molecule has 0 saturated carbocycles. The number of ether oxygens (including phenoxy) is 1. The standard InChI is InChI=1S/C24H27NO3S/c1-16-9-5-6-11-21(16)24-25-22(18(3)28-24)15-29-14-19(26)13-17(2)20-10-7-8-12-23(20)27-4/h5-12,17H,13-15H2,1-4H3. The van der Waals surface area contributed by atoms with Crippen molar-refractivity contribution in [3.8, 4) is 17.2 Å². The number of hydrogen-bond donors (Lipinski definition) is 0. The van der Waals surface area contributed by atoms with Crippen LogP contribution in [-0.2, 0) is 10.5 Å². The van der Waals surface area contributed by atoms with Crippen molar-refractivity contribution in [3.63, 3.8) is 0 Å². The lowest BCUT2D eigenvalue weighted by Gasteiger charge is -2.14. The van der Waals surface area contributed by atoms with Crippen LogP contribution in [0.25, 0.3) is 11.5 Å². The van der Waals surface area contributed by atoms with Crippen molar-refractivity contribution in [1.82, 2.24) is 4.98 Å². The van der Waals surface area contributed by atoms with Gasteiger partial charge in [0, 0.05) is 17.7 Å². The van der Waals surface area contributed by atoms with Gasteiger partial charge in [0.15, 0.2) is 0 Å². The van der Waals surface area contributed by atoms with E-state index < -0.39 is 0 Å². The Hall–Kier alpha value is -2.53. The summed E-state index contributed by atoms with van der Waals surface area (Å²) in [6.45, 7) is 6.04. The molecule has 0 aliphatic rings. The zero-order valence-corrected chi connectivity index (χ0v) is 18.2. The number of rotatable bonds is 9. The Kier molecular flexibility index (Phi) is 7.15. The molecule has 0 radical (unpaired) electrons. The summed E-state index contributed by atoms with van der Waals surface area (Å²) in [6, 6.07) is 15.9. The number of carbonyl (C=O) groups excluding carboxylic acids is 1. The second-order valence-electron chi connectivity index (χ2n) is 7.22. The Labute approximate surface area is 176 Å². The number of carbonyl (C=O) groups is 1. The topological polar surface area (TPSA) is 52.3 Å². The number of ketones is 1. The molecule has 0 N–H and O–H groups in total. The highest BCUT2D eigenvalue weighted by atomic mass is 32.2. The molecule has 29 heavy (non-hydrogen) atoms. The van der Waals surface area contributed by atoms with Crippen LogP contribution in [0.2, 0.25) is 0 Å². The highest BCUT2D eigenvalue weighted by Gasteiger charge is 2.17. The molecular weight excluding hydrogens is 382 g/mol. The summed E-state index contributed by atoms with van der Waals surface area (Å²) in [6.07, 6.45) is 0.500. The van der Waals surface area contributed by atoms with Crippen LogP contribution in [0.4, 0.5) is 0 Å². The molecule has 0 amide bonds. The summed E-state index contributed by atoms with van der Waals surface area (Å²) < 4.78 is 11.3. The lowest BCUT2D eigenvalue weighted by Crippen LogP contribution is -2.08. The molecule has 0 fully saturated rings. The third-order valence-corrected chi connectivity index (χ3v) is 5.98. The van der Waals surface area contributed by atoms with Gasteiger partial charge in [0.05, 0.1) is 18.6 Å². The van der Waals surface area contributed by atoms with Crippen LogP contribution in [0.3, 0.4) is 0 Å². The van der Waals surface area contributed by atoms with Gasteiger partial charge in [0.25, 0.3) is 0 Å². The summed E-state index contributed by atoms with van der Waals surface area (Å²) in [5.41, 5.74) is 4.12. The van der Waals surface area contributed by atoms with Crippen molar-refractivity contribution in [1.29, 1.82) is 0 Å². The van der Waals surface area contributed by atoms with Crippen molar-refractivity contribution in [3.05, 3.63) is 71.1 Å². The lowest BCUT2D eigenvalue weighted by atomic mass is 9.95. The van der Waals surface area contributed by atoms with Gasteiger partial charge in [0.1, 0.15) is 17.3 Å². The molecule has 1 heterocycles. The first-order valence-corrected chi connectivity index (χ1v) is 10.9. The van der Waals surface area contributed by atoms with Crippen LogP contribution in [0.1, 0.15) is 41.8 Å². The highest BCUT2D eigenvalue weighted by molar-refractivity contribution is 7.99. The number of aromatic nitrogens is 1. The van der Waals surface area contributed by atoms with E-state index in [1.54, 1.807) is 18.9 Å². The number of aryl methyl sites for hydroxylation is 2. The average Bonchev–Trinajstić information content (AvgIpc) is 3.08. The smallest absolute Gasteiger partial charge is 0.226 e. The minimum Gasteiger partial charge on any atom is -0.496 e. The van der Waals surface area contributed by atoms with Crippen molar-refractivity contribution in [2.75, 3.05) is 12.9 Å². The van der Waals surface area contributed by atoms with E-state index >= 15 is 0 Å². The van der Waals surface area contributed by atoms with Crippen LogP contribution < -0.4 is 4.74 Å². The SMILES string of the molecule is COc1ccccc1C(C)CC(=O)CSCc1nc(-c2ccccc2C)oc1C. The Balaban J connectivity index is 1.55. The van der Waals surface area contributed by atoms with E-state index in [1.165, 1.54) is 0 Å². The first-order chi connectivity index (χ1) is 14.0. The van der Waals surface area contributed by atoms with Gasteiger partial charge in [0.2, 0.25) is 5.89 Å². The summed E-state index contributed by atoms with van der Waals surface area (Å²) in [4.78, 5) is 17.1. The Morgan fingerprint density at radius 2 is 1.86 bits per heavy atom. The molecule has 2 aromatic carbocycles. The van der Waals surface area contributed by atoms with E-state index in [9.17, 15) is 4.79 Å². The number of para-hydroxylation sites is 1. The van der Waals surface area contributed by atoms with Gasteiger partial charge in [-0.15, -0.1) is 11.8 Å². The molecule has 0 aliphatic heterocycles. The summed E-state index contributed by atoms with van der Waals surface area (Å²) in [5, 5.41) is 0. The summed E-state index contributed by atoms with van der Waals surface area (Å²) >= 11 is 1.59. The van der Waals surface area contributed by atoms with E-state index in [-0.39, 0.29) is 11.7 Å². The van der Waals surface area contributed by atoms with E-state index in [0.29, 0.717) is 23.8 Å². The molecule has 4 nitrogen and oxygen atoms in total. The number of nitrogens with zero attached hydrogens (tertiary/aromatic N) is 1. The van der Waals surface area contributed by atoms with Crippen LogP contribution in [0.15, 0.2) is 52.9 Å². The normalized spacial score (nSPS) is 12.0. The maximum atomic E-state index is 12.5. The molecule has 3 rings (SSSR count). The van der Waals surface area contributed by atoms with Gasteiger partial charge in [-0.1, -0.05) is 43.3 Å². The van der Waals surface area contributed by atoms with E-state index in [4.69, 9.17) is 9.15 Å². The zero-order chi connectivity index (χ0) is 20.8. The molecule has 1 unspecified atom stereocenters. The second kappa shape index (κ2) is 9.79. The average molecular weight is 410 g/mol. The van der Waals surface area contributed by atoms with Gasteiger partial charge < -0.3 is 9.15 Å². The van der Waals surface area contributed by atoms with Crippen molar-refractivity contribution in [2.24, 2.45) is 0 Å². The van der Waals surface area contributed by atoms with Gasteiger partial charge in [-0.05, 0) is 43.0 Å². The molecule has 0 bridgehead atoms. The van der Waals surface area contributed by atoms with Gasteiger partial charge in [-0.25, -0.2) is 4.98 Å². The number of thioether (sulfide) groups is 1. The molecule has 3 aromatic rings. The maximum absolute atomic E-state index is 12.5. The number of hydrogen-bond acceptors (Lipinski definition) is 5. The molecule has 0 aliphatic carbocycles. The largest absolute Gasteiger partial charge is 0.496 e. The fraction of sp³-hybridized carbons (Fsp3) is 0.333. The van der Waals surface area contributed by atoms with E-state index in [0.717, 1.165) is 33.9 Å². The van der Waals surface area contributed by atoms with Crippen LogP contribution >= 0.6 is 11.8 Å². The van der Waals surface area contributed by atoms with Crippen LogP contribution in [0, 0.1) is 13.8 Å².